The molecule has 0 aliphatic carbocycles. The van der Waals surface area contributed by atoms with Crippen molar-refractivity contribution in [3.63, 3.8) is 0 Å². The molecule has 0 fully saturated rings. The maximum Gasteiger partial charge on any atom is 0.169 e. The minimum Gasteiger partial charge on any atom is -0.493 e. The Morgan fingerprint density at radius 2 is 1.69 bits per heavy atom. The van der Waals surface area contributed by atoms with Gasteiger partial charge in [-0.15, -0.1) is 0 Å². The number of benzene rings is 2. The Kier molecular flexibility index (Phi) is 7.04. The molecule has 2 aromatic rings. The quantitative estimate of drug-likeness (QED) is 0.693. The number of nitrogens with zero attached hydrogens (tertiary/aromatic N) is 1. The number of hydrogen-bond acceptors (Lipinski definition) is 5. The van der Waals surface area contributed by atoms with Crippen molar-refractivity contribution in [3.8, 4) is 23.0 Å². The van der Waals surface area contributed by atoms with E-state index >= 15 is 0 Å². The van der Waals surface area contributed by atoms with Crippen LogP contribution in [0.4, 0.5) is 0 Å². The average Bonchev–Trinajstić information content (AvgIpc) is 2.76. The van der Waals surface area contributed by atoms with E-state index in [1.54, 1.807) is 21.3 Å². The SMILES string of the molecule is CCNC(=S)N1CCc2cc(OC)c(OC)cc2[C@@H]1COc1ccccc1OC. The van der Waals surface area contributed by atoms with E-state index in [9.17, 15) is 0 Å². The Morgan fingerprint density at radius 1 is 1.03 bits per heavy atom. The molecule has 29 heavy (non-hydrogen) atoms. The van der Waals surface area contributed by atoms with E-state index < -0.39 is 0 Å². The van der Waals surface area contributed by atoms with Crippen LogP contribution in [-0.2, 0) is 6.42 Å². The van der Waals surface area contributed by atoms with E-state index in [1.165, 1.54) is 5.56 Å². The highest BCUT2D eigenvalue weighted by Gasteiger charge is 2.31. The van der Waals surface area contributed by atoms with Crippen LogP contribution in [-0.4, -0.2) is 51.0 Å². The molecule has 1 aliphatic rings. The zero-order valence-electron chi connectivity index (χ0n) is 17.4. The number of thiocarbonyl (C=S) groups is 1. The van der Waals surface area contributed by atoms with Crippen molar-refractivity contribution < 1.29 is 18.9 Å². The molecule has 0 aromatic heterocycles. The Hall–Kier alpha value is -2.67. The first-order valence-corrected chi connectivity index (χ1v) is 10.1. The van der Waals surface area contributed by atoms with E-state index in [0.717, 1.165) is 35.9 Å². The van der Waals surface area contributed by atoms with Crippen molar-refractivity contribution in [1.82, 2.24) is 10.2 Å². The van der Waals surface area contributed by atoms with E-state index in [2.05, 4.69) is 16.3 Å². The van der Waals surface area contributed by atoms with Gasteiger partial charge in [-0.3, -0.25) is 0 Å². The van der Waals surface area contributed by atoms with Gasteiger partial charge < -0.3 is 29.2 Å². The van der Waals surface area contributed by atoms with Crippen LogP contribution in [0.5, 0.6) is 23.0 Å². The molecule has 0 bridgehead atoms. The molecule has 7 heteroatoms. The van der Waals surface area contributed by atoms with Gasteiger partial charge in [0.05, 0.1) is 27.4 Å². The highest BCUT2D eigenvalue weighted by atomic mass is 32.1. The molecule has 1 aliphatic heterocycles. The van der Waals surface area contributed by atoms with Gasteiger partial charge in [0.15, 0.2) is 28.1 Å². The second kappa shape index (κ2) is 9.69. The van der Waals surface area contributed by atoms with Gasteiger partial charge in [-0.2, -0.15) is 0 Å². The van der Waals surface area contributed by atoms with E-state index in [1.807, 2.05) is 37.3 Å². The molecular formula is C22H28N2O4S. The van der Waals surface area contributed by atoms with Crippen LogP contribution in [0.25, 0.3) is 0 Å². The highest BCUT2D eigenvalue weighted by molar-refractivity contribution is 7.80. The van der Waals surface area contributed by atoms with Gasteiger partial charge in [-0.1, -0.05) is 12.1 Å². The summed E-state index contributed by atoms with van der Waals surface area (Å²) >= 11 is 5.65. The van der Waals surface area contributed by atoms with E-state index in [4.69, 9.17) is 31.2 Å². The van der Waals surface area contributed by atoms with Crippen LogP contribution < -0.4 is 24.3 Å². The fourth-order valence-corrected chi connectivity index (χ4v) is 3.97. The Bertz CT molecular complexity index is 859. The summed E-state index contributed by atoms with van der Waals surface area (Å²) in [7, 11) is 4.94. The minimum atomic E-state index is -0.0602. The van der Waals surface area contributed by atoms with Crippen molar-refractivity contribution >= 4 is 17.3 Å². The summed E-state index contributed by atoms with van der Waals surface area (Å²) in [6.07, 6.45) is 0.867. The number of rotatable bonds is 7. The van der Waals surface area contributed by atoms with Gasteiger partial charge in [-0.25, -0.2) is 0 Å². The second-order valence-electron chi connectivity index (χ2n) is 6.66. The number of hydrogen-bond donors (Lipinski definition) is 1. The summed E-state index contributed by atoms with van der Waals surface area (Å²) in [6, 6.07) is 11.7. The summed E-state index contributed by atoms with van der Waals surface area (Å²) in [5.41, 5.74) is 2.34. The predicted octanol–water partition coefficient (Wildman–Crippen LogP) is 3.59. The third-order valence-corrected chi connectivity index (χ3v) is 5.44. The van der Waals surface area contributed by atoms with E-state index in [-0.39, 0.29) is 6.04 Å². The maximum absolute atomic E-state index is 6.19. The van der Waals surface area contributed by atoms with Crippen molar-refractivity contribution in [2.75, 3.05) is 41.0 Å². The normalized spacial score (nSPS) is 15.3. The smallest absolute Gasteiger partial charge is 0.169 e. The monoisotopic (exact) mass is 416 g/mol. The number of methoxy groups -OCH3 is 3. The average molecular weight is 417 g/mol. The van der Waals surface area contributed by atoms with Crippen LogP contribution >= 0.6 is 12.2 Å². The summed E-state index contributed by atoms with van der Waals surface area (Å²) in [5.74, 6) is 2.84. The van der Waals surface area contributed by atoms with Gasteiger partial charge in [0.2, 0.25) is 0 Å². The van der Waals surface area contributed by atoms with Crippen molar-refractivity contribution in [2.24, 2.45) is 0 Å². The molecule has 3 rings (SSSR count). The summed E-state index contributed by atoms with van der Waals surface area (Å²) in [6.45, 7) is 4.04. The molecule has 1 atom stereocenters. The Labute approximate surface area is 177 Å². The van der Waals surface area contributed by atoms with Crippen LogP contribution in [0.15, 0.2) is 36.4 Å². The fraction of sp³-hybridized carbons (Fsp3) is 0.409. The number of fused-ring (bicyclic) bond motifs is 1. The van der Waals surface area contributed by atoms with Crippen LogP contribution in [0.2, 0.25) is 0 Å². The first-order valence-electron chi connectivity index (χ1n) is 9.68. The molecule has 0 saturated heterocycles. The summed E-state index contributed by atoms with van der Waals surface area (Å²) in [5, 5.41) is 3.99. The number of nitrogens with one attached hydrogen (secondary N) is 1. The molecule has 0 saturated carbocycles. The molecule has 6 nitrogen and oxygen atoms in total. The van der Waals surface area contributed by atoms with Crippen molar-refractivity contribution in [1.29, 1.82) is 0 Å². The van der Waals surface area contributed by atoms with Crippen molar-refractivity contribution in [2.45, 2.75) is 19.4 Å². The first-order chi connectivity index (χ1) is 14.1. The van der Waals surface area contributed by atoms with Crippen LogP contribution in [0, 0.1) is 0 Å². The summed E-state index contributed by atoms with van der Waals surface area (Å²) in [4.78, 5) is 2.18. The molecule has 0 radical (unpaired) electrons. The lowest BCUT2D eigenvalue weighted by Gasteiger charge is -2.39. The lowest BCUT2D eigenvalue weighted by Crippen LogP contribution is -2.47. The topological polar surface area (TPSA) is 52.2 Å². The number of ether oxygens (including phenoxy) is 4. The summed E-state index contributed by atoms with van der Waals surface area (Å²) < 4.78 is 22.6. The van der Waals surface area contributed by atoms with Gasteiger partial charge in [0, 0.05) is 13.1 Å². The standard InChI is InChI=1S/C22H28N2O4S/c1-5-23-22(29)24-11-10-15-12-20(26-3)21(27-4)13-16(15)17(24)14-28-19-9-7-6-8-18(19)25-2/h6-9,12-13,17H,5,10-11,14H2,1-4H3,(H,23,29)/t17-/m0/s1. The molecular weight excluding hydrogens is 388 g/mol. The van der Waals surface area contributed by atoms with Gasteiger partial charge in [0.25, 0.3) is 0 Å². The minimum absolute atomic E-state index is 0.0602. The van der Waals surface area contributed by atoms with Crippen molar-refractivity contribution in [3.05, 3.63) is 47.5 Å². The molecule has 156 valence electrons. The second-order valence-corrected chi connectivity index (χ2v) is 7.05. The third-order valence-electron chi connectivity index (χ3n) is 5.06. The Balaban J connectivity index is 1.95. The van der Waals surface area contributed by atoms with Gasteiger partial charge in [0.1, 0.15) is 6.61 Å². The van der Waals surface area contributed by atoms with Gasteiger partial charge >= 0.3 is 0 Å². The largest absolute Gasteiger partial charge is 0.493 e. The Morgan fingerprint density at radius 3 is 2.34 bits per heavy atom. The van der Waals surface area contributed by atoms with Gasteiger partial charge in [-0.05, 0) is 61.0 Å². The predicted molar refractivity (Wildman–Crippen MR) is 117 cm³/mol. The molecule has 0 amide bonds. The molecule has 1 N–H and O–H groups in total. The number of para-hydroxylation sites is 2. The zero-order chi connectivity index (χ0) is 20.8. The lowest BCUT2D eigenvalue weighted by atomic mass is 9.92. The third kappa shape index (κ3) is 4.50. The molecule has 0 unspecified atom stereocenters. The zero-order valence-corrected chi connectivity index (χ0v) is 18.2. The first kappa shape index (κ1) is 21.0. The lowest BCUT2D eigenvalue weighted by molar-refractivity contribution is 0.183. The maximum atomic E-state index is 6.19. The molecule has 2 aromatic carbocycles. The molecule has 1 heterocycles. The van der Waals surface area contributed by atoms with Crippen LogP contribution in [0.3, 0.4) is 0 Å². The van der Waals surface area contributed by atoms with E-state index in [0.29, 0.717) is 23.9 Å². The molecule has 0 spiro atoms. The highest BCUT2D eigenvalue weighted by Crippen LogP contribution is 2.39. The van der Waals surface area contributed by atoms with Crippen LogP contribution in [0.1, 0.15) is 24.1 Å². The fourth-order valence-electron chi connectivity index (χ4n) is 3.61.